The fourth-order valence-corrected chi connectivity index (χ4v) is 2.08. The minimum absolute atomic E-state index is 0.171. The quantitative estimate of drug-likeness (QED) is 0.777. The van der Waals surface area contributed by atoms with E-state index in [1.807, 2.05) is 0 Å². The Morgan fingerprint density at radius 2 is 1.88 bits per heavy atom. The number of rotatable bonds is 2. The highest BCUT2D eigenvalue weighted by Crippen LogP contribution is 2.33. The van der Waals surface area contributed by atoms with Gasteiger partial charge < -0.3 is 20.3 Å². The summed E-state index contributed by atoms with van der Waals surface area (Å²) in [4.78, 5) is 12.5. The van der Waals surface area contributed by atoms with Crippen LogP contribution in [0.25, 0.3) is 0 Å². The Labute approximate surface area is 105 Å². The number of nitrogens with two attached hydrogens (primary N) is 1. The lowest BCUT2D eigenvalue weighted by Crippen LogP contribution is -2.45. The van der Waals surface area contributed by atoms with Crippen LogP contribution in [0.4, 0.5) is 11.8 Å². The number of nitrogen functional groups attached to an aromatic ring is 1. The molecule has 17 heavy (non-hydrogen) atoms. The number of methoxy groups -OCH3 is 1. The van der Waals surface area contributed by atoms with Crippen LogP contribution < -0.4 is 15.4 Å². The molecule has 0 aromatic carbocycles. The Morgan fingerprint density at radius 1 is 1.24 bits per heavy atom. The maximum absolute atomic E-state index is 5.99. The second kappa shape index (κ2) is 4.93. The van der Waals surface area contributed by atoms with E-state index >= 15 is 0 Å². The molecule has 1 aliphatic rings. The van der Waals surface area contributed by atoms with Crippen LogP contribution in [0.5, 0.6) is 5.75 Å². The van der Waals surface area contributed by atoms with Crippen molar-refractivity contribution in [2.45, 2.75) is 0 Å². The molecule has 1 aliphatic heterocycles. The van der Waals surface area contributed by atoms with Gasteiger partial charge >= 0.3 is 0 Å². The first kappa shape index (κ1) is 12.2. The molecule has 1 aromatic rings. The lowest BCUT2D eigenvalue weighted by atomic mass is 10.3. The highest BCUT2D eigenvalue weighted by atomic mass is 35.5. The monoisotopic (exact) mass is 257 g/mol. The maximum Gasteiger partial charge on any atom is 0.223 e. The lowest BCUT2D eigenvalue weighted by molar-refractivity contribution is 0.310. The van der Waals surface area contributed by atoms with Gasteiger partial charge in [-0.15, -0.1) is 0 Å². The molecule has 0 atom stereocenters. The average Bonchev–Trinajstić information content (AvgIpc) is 2.29. The summed E-state index contributed by atoms with van der Waals surface area (Å²) < 4.78 is 5.24. The van der Waals surface area contributed by atoms with Crippen molar-refractivity contribution in [3.8, 4) is 5.75 Å². The molecule has 0 amide bonds. The molecule has 0 bridgehead atoms. The predicted molar refractivity (Wildman–Crippen MR) is 67.7 cm³/mol. The van der Waals surface area contributed by atoms with Gasteiger partial charge in [0.05, 0.1) is 7.11 Å². The summed E-state index contributed by atoms with van der Waals surface area (Å²) in [5.41, 5.74) is 5.62. The Morgan fingerprint density at radius 3 is 2.47 bits per heavy atom. The standard InChI is InChI=1S/C10H16ClN5O/c1-15-3-5-16(6-4-15)9-7(17-2)8(11)13-10(12)14-9/h3-6H2,1-2H3,(H2,12,13,14). The lowest BCUT2D eigenvalue weighted by Gasteiger charge is -2.33. The van der Waals surface area contributed by atoms with Gasteiger partial charge in [0.15, 0.2) is 16.7 Å². The molecular formula is C10H16ClN5O. The van der Waals surface area contributed by atoms with Crippen LogP contribution in [-0.4, -0.2) is 55.2 Å². The van der Waals surface area contributed by atoms with Crippen LogP contribution in [0.15, 0.2) is 0 Å². The maximum atomic E-state index is 5.99. The third-order valence-electron chi connectivity index (χ3n) is 2.83. The summed E-state index contributed by atoms with van der Waals surface area (Å²) in [5, 5.41) is 0.258. The molecule has 0 unspecified atom stereocenters. The summed E-state index contributed by atoms with van der Waals surface area (Å²) in [6.45, 7) is 3.70. The van der Waals surface area contributed by atoms with E-state index < -0.39 is 0 Å². The van der Waals surface area contributed by atoms with Gasteiger partial charge in [-0.05, 0) is 7.05 Å². The first-order valence-corrected chi connectivity index (χ1v) is 5.80. The number of hydrogen-bond donors (Lipinski definition) is 1. The highest BCUT2D eigenvalue weighted by Gasteiger charge is 2.22. The number of anilines is 2. The molecule has 2 rings (SSSR count). The number of likely N-dealkylation sites (N-methyl/N-ethyl adjacent to an activating group) is 1. The van der Waals surface area contributed by atoms with E-state index in [9.17, 15) is 0 Å². The molecule has 1 saturated heterocycles. The number of hydrogen-bond acceptors (Lipinski definition) is 6. The summed E-state index contributed by atoms with van der Waals surface area (Å²) in [6.07, 6.45) is 0. The van der Waals surface area contributed by atoms with Gasteiger partial charge in [-0.3, -0.25) is 0 Å². The topological polar surface area (TPSA) is 67.5 Å². The van der Waals surface area contributed by atoms with Crippen molar-refractivity contribution in [1.29, 1.82) is 0 Å². The van der Waals surface area contributed by atoms with E-state index in [0.717, 1.165) is 26.2 Å². The fourth-order valence-electron chi connectivity index (χ4n) is 1.84. The second-order valence-corrected chi connectivity index (χ2v) is 4.38. The largest absolute Gasteiger partial charge is 0.490 e. The minimum atomic E-state index is 0.171. The van der Waals surface area contributed by atoms with Crippen LogP contribution in [0.3, 0.4) is 0 Å². The molecular weight excluding hydrogens is 242 g/mol. The van der Waals surface area contributed by atoms with Gasteiger partial charge in [0.1, 0.15) is 0 Å². The summed E-state index contributed by atoms with van der Waals surface area (Å²) in [7, 11) is 3.65. The molecule has 0 radical (unpaired) electrons. The van der Waals surface area contributed by atoms with Crippen LogP contribution in [-0.2, 0) is 0 Å². The predicted octanol–water partition coefficient (Wildman–Crippen LogP) is 0.473. The number of halogens is 1. The van der Waals surface area contributed by atoms with Gasteiger partial charge in [0, 0.05) is 26.2 Å². The SMILES string of the molecule is COc1c(Cl)nc(N)nc1N1CCN(C)CC1. The molecule has 1 aromatic heterocycles. The van der Waals surface area contributed by atoms with Gasteiger partial charge in [-0.25, -0.2) is 0 Å². The van der Waals surface area contributed by atoms with Gasteiger partial charge in [0.2, 0.25) is 5.95 Å². The number of piperazine rings is 1. The molecule has 1 fully saturated rings. The van der Waals surface area contributed by atoms with E-state index in [1.165, 1.54) is 0 Å². The number of nitrogens with zero attached hydrogens (tertiary/aromatic N) is 4. The third kappa shape index (κ3) is 2.53. The van der Waals surface area contributed by atoms with Gasteiger partial charge in [-0.2, -0.15) is 9.97 Å². The van der Waals surface area contributed by atoms with E-state index in [0.29, 0.717) is 11.6 Å². The van der Waals surface area contributed by atoms with E-state index in [2.05, 4.69) is 26.8 Å². The van der Waals surface area contributed by atoms with Gasteiger partial charge in [0.25, 0.3) is 0 Å². The third-order valence-corrected chi connectivity index (χ3v) is 3.09. The molecule has 6 nitrogen and oxygen atoms in total. The van der Waals surface area contributed by atoms with Gasteiger partial charge in [-0.1, -0.05) is 11.6 Å². The van der Waals surface area contributed by atoms with Crippen molar-refractivity contribution < 1.29 is 4.74 Å². The second-order valence-electron chi connectivity index (χ2n) is 4.02. The van der Waals surface area contributed by atoms with Crippen LogP contribution in [0.1, 0.15) is 0 Å². The van der Waals surface area contributed by atoms with Crippen molar-refractivity contribution in [3.63, 3.8) is 0 Å². The highest BCUT2D eigenvalue weighted by molar-refractivity contribution is 6.31. The molecule has 2 N–H and O–H groups in total. The van der Waals surface area contributed by atoms with Crippen molar-refractivity contribution in [2.75, 3.05) is 51.0 Å². The normalized spacial score (nSPS) is 17.2. The Balaban J connectivity index is 2.30. The van der Waals surface area contributed by atoms with Crippen LogP contribution in [0.2, 0.25) is 5.15 Å². The molecule has 2 heterocycles. The number of aromatic nitrogens is 2. The fraction of sp³-hybridized carbons (Fsp3) is 0.600. The van der Waals surface area contributed by atoms with E-state index in [4.69, 9.17) is 22.1 Å². The van der Waals surface area contributed by atoms with Crippen molar-refractivity contribution in [3.05, 3.63) is 5.15 Å². The Hall–Kier alpha value is -1.27. The Kier molecular flexibility index (Phi) is 3.54. The van der Waals surface area contributed by atoms with Crippen molar-refractivity contribution in [2.24, 2.45) is 0 Å². The van der Waals surface area contributed by atoms with Crippen molar-refractivity contribution >= 4 is 23.4 Å². The first-order valence-electron chi connectivity index (χ1n) is 5.42. The van der Waals surface area contributed by atoms with Crippen LogP contribution >= 0.6 is 11.6 Å². The molecule has 0 saturated carbocycles. The van der Waals surface area contributed by atoms with E-state index in [-0.39, 0.29) is 11.1 Å². The first-order chi connectivity index (χ1) is 8.11. The van der Waals surface area contributed by atoms with E-state index in [1.54, 1.807) is 7.11 Å². The van der Waals surface area contributed by atoms with Crippen LogP contribution in [0, 0.1) is 0 Å². The smallest absolute Gasteiger partial charge is 0.223 e. The average molecular weight is 258 g/mol. The zero-order valence-corrected chi connectivity index (χ0v) is 10.7. The summed E-state index contributed by atoms with van der Waals surface area (Å²) in [5.74, 6) is 1.34. The minimum Gasteiger partial charge on any atom is -0.490 e. The Bertz CT molecular complexity index is 406. The molecule has 0 aliphatic carbocycles. The summed E-state index contributed by atoms with van der Waals surface area (Å²) in [6, 6.07) is 0. The molecule has 94 valence electrons. The zero-order valence-electron chi connectivity index (χ0n) is 9.98. The van der Waals surface area contributed by atoms with Crippen molar-refractivity contribution in [1.82, 2.24) is 14.9 Å². The summed E-state index contributed by atoms with van der Waals surface area (Å²) >= 11 is 5.99. The number of ether oxygens (including phenoxy) is 1. The molecule has 7 heteroatoms. The molecule has 0 spiro atoms. The zero-order chi connectivity index (χ0) is 12.4.